The summed E-state index contributed by atoms with van der Waals surface area (Å²) in [5.74, 6) is 4.70. The van der Waals surface area contributed by atoms with Gasteiger partial charge >= 0.3 is 5.97 Å². The van der Waals surface area contributed by atoms with Gasteiger partial charge in [-0.3, -0.25) is 0 Å². The molecule has 78 valence electrons. The summed E-state index contributed by atoms with van der Waals surface area (Å²) in [5, 5.41) is 0. The van der Waals surface area contributed by atoms with E-state index < -0.39 is 5.97 Å². The van der Waals surface area contributed by atoms with Crippen LogP contribution in [0.2, 0.25) is 0 Å². The zero-order valence-electron chi connectivity index (χ0n) is 8.63. The van der Waals surface area contributed by atoms with Crippen LogP contribution < -0.4 is 0 Å². The Morgan fingerprint density at radius 2 is 2.27 bits per heavy atom. The second kappa shape index (κ2) is 5.57. The Hall–Kier alpha value is -1.27. The first-order chi connectivity index (χ1) is 7.17. The summed E-state index contributed by atoms with van der Waals surface area (Å²) in [6, 6.07) is 5.79. The maximum absolute atomic E-state index is 10.8. The molecule has 0 saturated heterocycles. The van der Waals surface area contributed by atoms with Crippen LogP contribution in [0.25, 0.3) is 0 Å². The van der Waals surface area contributed by atoms with Gasteiger partial charge in [0.05, 0.1) is 7.11 Å². The number of hydrogen-bond acceptors (Lipinski definition) is 2. The minimum atomic E-state index is -0.514. The van der Waals surface area contributed by atoms with E-state index in [9.17, 15) is 4.79 Å². The van der Waals surface area contributed by atoms with Crippen LogP contribution in [0.1, 0.15) is 18.1 Å². The summed E-state index contributed by atoms with van der Waals surface area (Å²) < 4.78 is 5.46. The topological polar surface area (TPSA) is 26.3 Å². The van der Waals surface area contributed by atoms with Gasteiger partial charge in [0.2, 0.25) is 0 Å². The van der Waals surface area contributed by atoms with E-state index in [2.05, 4.69) is 32.5 Å². The third-order valence-electron chi connectivity index (χ3n) is 1.93. The Balaban J connectivity index is 3.02. The minimum absolute atomic E-state index is 0.514. The van der Waals surface area contributed by atoms with Crippen molar-refractivity contribution in [3.05, 3.63) is 33.8 Å². The summed E-state index contributed by atoms with van der Waals surface area (Å²) in [6.45, 7) is 2.05. The van der Waals surface area contributed by atoms with Gasteiger partial charge in [-0.1, -0.05) is 28.8 Å². The molecule has 3 heteroatoms. The van der Waals surface area contributed by atoms with Crippen LogP contribution >= 0.6 is 15.9 Å². The van der Waals surface area contributed by atoms with Gasteiger partial charge in [0.25, 0.3) is 0 Å². The predicted octanol–water partition coefficient (Wildman–Crippen LogP) is 2.54. The van der Waals surface area contributed by atoms with Crippen molar-refractivity contribution in [2.24, 2.45) is 0 Å². The van der Waals surface area contributed by atoms with Crippen molar-refractivity contribution >= 4 is 21.9 Å². The maximum Gasteiger partial charge on any atom is 0.384 e. The maximum atomic E-state index is 10.8. The molecule has 1 rings (SSSR count). The number of benzene rings is 1. The second-order valence-electron chi connectivity index (χ2n) is 2.90. The Morgan fingerprint density at radius 3 is 2.87 bits per heavy atom. The van der Waals surface area contributed by atoms with E-state index in [0.717, 1.165) is 22.0 Å². The van der Waals surface area contributed by atoms with Gasteiger partial charge in [-0.15, -0.1) is 0 Å². The van der Waals surface area contributed by atoms with Crippen molar-refractivity contribution in [2.45, 2.75) is 13.3 Å². The number of halogens is 1. The molecule has 0 atom stereocenters. The number of esters is 1. The van der Waals surface area contributed by atoms with Crippen LogP contribution in [-0.4, -0.2) is 13.1 Å². The van der Waals surface area contributed by atoms with E-state index in [0.29, 0.717) is 0 Å². The quantitative estimate of drug-likeness (QED) is 0.577. The van der Waals surface area contributed by atoms with E-state index in [1.165, 1.54) is 7.11 Å². The van der Waals surface area contributed by atoms with Gasteiger partial charge in [0.15, 0.2) is 0 Å². The van der Waals surface area contributed by atoms with Crippen LogP contribution in [0.4, 0.5) is 0 Å². The third-order valence-corrected chi connectivity index (χ3v) is 2.43. The standard InChI is InChI=1S/C12H11BrO2/c1-3-9-8-11(13)6-4-10(9)5-7-12(14)15-2/h4,6,8H,3H2,1-2H3. The van der Waals surface area contributed by atoms with Gasteiger partial charge in [-0.05, 0) is 30.2 Å². The highest BCUT2D eigenvalue weighted by Gasteiger charge is 1.99. The molecule has 0 aliphatic heterocycles. The summed E-state index contributed by atoms with van der Waals surface area (Å²) in [6.07, 6.45) is 0.880. The lowest BCUT2D eigenvalue weighted by Gasteiger charge is -2.01. The van der Waals surface area contributed by atoms with Crippen molar-refractivity contribution in [2.75, 3.05) is 7.11 Å². The monoisotopic (exact) mass is 266 g/mol. The molecule has 1 aromatic carbocycles. The van der Waals surface area contributed by atoms with Gasteiger partial charge in [-0.25, -0.2) is 4.79 Å². The SMILES string of the molecule is CCc1cc(Br)ccc1C#CC(=O)OC. The van der Waals surface area contributed by atoms with Crippen LogP contribution in [0.15, 0.2) is 22.7 Å². The minimum Gasteiger partial charge on any atom is -0.459 e. The zero-order valence-corrected chi connectivity index (χ0v) is 10.2. The van der Waals surface area contributed by atoms with Gasteiger partial charge < -0.3 is 4.74 Å². The lowest BCUT2D eigenvalue weighted by molar-refractivity contribution is -0.133. The molecule has 0 radical (unpaired) electrons. The molecular weight excluding hydrogens is 256 g/mol. The van der Waals surface area contributed by atoms with Crippen molar-refractivity contribution in [1.82, 2.24) is 0 Å². The molecule has 0 aliphatic carbocycles. The fourth-order valence-corrected chi connectivity index (χ4v) is 1.55. The molecule has 0 fully saturated rings. The molecule has 0 aromatic heterocycles. The molecule has 0 spiro atoms. The van der Waals surface area contributed by atoms with Crippen molar-refractivity contribution in [3.8, 4) is 11.8 Å². The summed E-state index contributed by atoms with van der Waals surface area (Å²) >= 11 is 3.39. The van der Waals surface area contributed by atoms with Crippen molar-refractivity contribution < 1.29 is 9.53 Å². The third kappa shape index (κ3) is 3.41. The number of aryl methyl sites for hydroxylation is 1. The van der Waals surface area contributed by atoms with Gasteiger partial charge in [-0.2, -0.15) is 0 Å². The average molecular weight is 267 g/mol. The molecule has 0 N–H and O–H groups in total. The van der Waals surface area contributed by atoms with Gasteiger partial charge in [0, 0.05) is 16.0 Å². The summed E-state index contributed by atoms with van der Waals surface area (Å²) in [4.78, 5) is 10.8. The molecule has 0 saturated carbocycles. The first-order valence-electron chi connectivity index (χ1n) is 4.55. The highest BCUT2D eigenvalue weighted by Crippen LogP contribution is 2.16. The molecule has 15 heavy (non-hydrogen) atoms. The smallest absolute Gasteiger partial charge is 0.384 e. The first-order valence-corrected chi connectivity index (χ1v) is 5.35. The highest BCUT2D eigenvalue weighted by molar-refractivity contribution is 9.10. The molecular formula is C12H11BrO2. The molecule has 2 nitrogen and oxygen atoms in total. The molecule has 0 aliphatic rings. The first kappa shape index (κ1) is 11.8. The van der Waals surface area contributed by atoms with Gasteiger partial charge in [0.1, 0.15) is 0 Å². The number of ether oxygens (including phenoxy) is 1. The molecule has 0 heterocycles. The molecule has 0 amide bonds. The van der Waals surface area contributed by atoms with E-state index in [-0.39, 0.29) is 0 Å². The van der Waals surface area contributed by atoms with Crippen LogP contribution in [-0.2, 0) is 16.0 Å². The normalized spacial score (nSPS) is 9.00. The molecule has 1 aromatic rings. The highest BCUT2D eigenvalue weighted by atomic mass is 79.9. The lowest BCUT2D eigenvalue weighted by atomic mass is 10.1. The average Bonchev–Trinajstić information content (AvgIpc) is 2.26. The lowest BCUT2D eigenvalue weighted by Crippen LogP contribution is -1.95. The Kier molecular flexibility index (Phi) is 4.38. The fraction of sp³-hybridized carbons (Fsp3) is 0.250. The number of rotatable bonds is 1. The second-order valence-corrected chi connectivity index (χ2v) is 3.81. The Labute approximate surface area is 97.8 Å². The van der Waals surface area contributed by atoms with Crippen LogP contribution in [0.3, 0.4) is 0 Å². The number of carbonyl (C=O) groups excluding carboxylic acids is 1. The Bertz CT molecular complexity index is 427. The molecule has 0 bridgehead atoms. The van der Waals surface area contributed by atoms with E-state index in [1.807, 2.05) is 25.1 Å². The van der Waals surface area contributed by atoms with Crippen molar-refractivity contribution in [1.29, 1.82) is 0 Å². The van der Waals surface area contributed by atoms with E-state index in [1.54, 1.807) is 0 Å². The fourth-order valence-electron chi connectivity index (χ4n) is 1.15. The van der Waals surface area contributed by atoms with Crippen molar-refractivity contribution in [3.63, 3.8) is 0 Å². The summed E-state index contributed by atoms with van der Waals surface area (Å²) in [5.41, 5.74) is 1.98. The Morgan fingerprint density at radius 1 is 1.53 bits per heavy atom. The van der Waals surface area contributed by atoms with E-state index >= 15 is 0 Å². The summed E-state index contributed by atoms with van der Waals surface area (Å²) in [7, 11) is 1.32. The number of methoxy groups -OCH3 is 1. The van der Waals surface area contributed by atoms with Crippen LogP contribution in [0, 0.1) is 11.8 Å². The van der Waals surface area contributed by atoms with Crippen LogP contribution in [0.5, 0.6) is 0 Å². The molecule has 0 unspecified atom stereocenters. The largest absolute Gasteiger partial charge is 0.459 e. The number of hydrogen-bond donors (Lipinski definition) is 0. The predicted molar refractivity (Wildman–Crippen MR) is 62.4 cm³/mol. The number of carbonyl (C=O) groups is 1. The zero-order chi connectivity index (χ0) is 11.3. The van der Waals surface area contributed by atoms with E-state index in [4.69, 9.17) is 0 Å².